The summed E-state index contributed by atoms with van der Waals surface area (Å²) in [5.74, 6) is -0.879. The Hall–Kier alpha value is -4.31. The van der Waals surface area contributed by atoms with Gasteiger partial charge in [-0.15, -0.1) is 0 Å². The van der Waals surface area contributed by atoms with Gasteiger partial charge in [-0.1, -0.05) is 18.2 Å². The maximum Gasteiger partial charge on any atom is 3.00 e. The van der Waals surface area contributed by atoms with E-state index in [-0.39, 0.29) is 54.9 Å². The van der Waals surface area contributed by atoms with Gasteiger partial charge in [-0.25, -0.2) is 4.39 Å². The van der Waals surface area contributed by atoms with Gasteiger partial charge in [0.15, 0.2) is 0 Å². The van der Waals surface area contributed by atoms with E-state index in [9.17, 15) is 0 Å². The van der Waals surface area contributed by atoms with Crippen LogP contribution in [0.2, 0.25) is 0 Å². The molecule has 0 spiro atoms. The van der Waals surface area contributed by atoms with E-state index in [1.807, 2.05) is 36.4 Å². The fraction of sp³-hybridized carbons (Fsp3) is 0.108. The van der Waals surface area contributed by atoms with Gasteiger partial charge in [0, 0.05) is 34.8 Å². The molecule has 0 saturated carbocycles. The maximum absolute atomic E-state index is 18.2. The van der Waals surface area contributed by atoms with Gasteiger partial charge in [-0.05, 0) is 36.4 Å². The van der Waals surface area contributed by atoms with Crippen molar-refractivity contribution in [1.82, 2.24) is 15.0 Å². The summed E-state index contributed by atoms with van der Waals surface area (Å²) >= 11 is 0. The Labute approximate surface area is 256 Å². The van der Waals surface area contributed by atoms with Crippen LogP contribution in [0.25, 0.3) is 0 Å². The van der Waals surface area contributed by atoms with Crippen molar-refractivity contribution in [1.29, 1.82) is 0 Å². The van der Waals surface area contributed by atoms with E-state index >= 15 is 4.39 Å². The second kappa shape index (κ2) is 9.35. The van der Waals surface area contributed by atoms with Gasteiger partial charge >= 0.3 is 20.1 Å². The fourth-order valence-corrected chi connectivity index (χ4v) is 6.79. The number of rotatable bonds is 0. The molecule has 4 aliphatic rings. The number of nitrogens with zero attached hydrogens (tertiary/aromatic N) is 3. The first kappa shape index (κ1) is 25.4. The van der Waals surface area contributed by atoms with Crippen LogP contribution in [0.4, 0.5) is 4.39 Å². The summed E-state index contributed by atoms with van der Waals surface area (Å²) in [4.78, 5) is 15.1. The molecule has 0 N–H and O–H groups in total. The SMILES string of the molecule is FC12c3cccc(n3)C3c4[c-]c(ccc4)C(c4[c-]c(ccc4)C(c4[c-]c3ccc4)c3cccc1n3)c1cccc2n1.[Ir+3]. The minimum atomic E-state index is -2.18. The first-order valence-corrected chi connectivity index (χ1v) is 13.8. The Kier molecular flexibility index (Phi) is 5.66. The molecule has 42 heavy (non-hydrogen) atoms. The van der Waals surface area contributed by atoms with Crippen molar-refractivity contribution in [3.63, 3.8) is 0 Å². The van der Waals surface area contributed by atoms with Crippen LogP contribution in [0.1, 0.15) is 85.3 Å². The number of aromatic nitrogens is 3. The van der Waals surface area contributed by atoms with Crippen LogP contribution in [-0.4, -0.2) is 15.0 Å². The van der Waals surface area contributed by atoms with Gasteiger partial charge in [0.2, 0.25) is 5.67 Å². The topological polar surface area (TPSA) is 38.7 Å². The Bertz CT molecular complexity index is 1730. The van der Waals surface area contributed by atoms with Crippen molar-refractivity contribution in [3.8, 4) is 0 Å². The Morgan fingerprint density at radius 2 is 0.690 bits per heavy atom. The van der Waals surface area contributed by atoms with E-state index < -0.39 is 5.67 Å². The van der Waals surface area contributed by atoms with Crippen molar-refractivity contribution in [3.05, 3.63) is 195 Å². The number of hydrogen-bond donors (Lipinski definition) is 0. The van der Waals surface area contributed by atoms with Crippen LogP contribution >= 0.6 is 0 Å². The Balaban J connectivity index is 0.00000267. The molecule has 3 nitrogen and oxygen atoms in total. The number of halogens is 1. The van der Waals surface area contributed by atoms with E-state index in [2.05, 4.69) is 72.8 Å². The first-order valence-electron chi connectivity index (χ1n) is 13.8. The van der Waals surface area contributed by atoms with Crippen LogP contribution < -0.4 is 0 Å². The zero-order chi connectivity index (χ0) is 27.1. The van der Waals surface area contributed by atoms with Gasteiger partial charge in [0.05, 0.1) is 17.1 Å². The van der Waals surface area contributed by atoms with Crippen LogP contribution in [0.15, 0.2) is 109 Å². The van der Waals surface area contributed by atoms with Crippen molar-refractivity contribution >= 4 is 0 Å². The smallest absolute Gasteiger partial charge is 0.253 e. The monoisotopic (exact) mass is 719 g/mol. The summed E-state index contributed by atoms with van der Waals surface area (Å²) in [6.07, 6.45) is 0. The number of benzene rings is 3. The molecule has 3 aromatic heterocycles. The van der Waals surface area contributed by atoms with Crippen LogP contribution in [0, 0.1) is 18.2 Å². The van der Waals surface area contributed by atoms with Gasteiger partial charge < -0.3 is 0 Å². The average molecular weight is 719 g/mol. The zero-order valence-electron chi connectivity index (χ0n) is 22.2. The molecule has 10 rings (SSSR count). The summed E-state index contributed by atoms with van der Waals surface area (Å²) in [6.45, 7) is 0. The fourth-order valence-electron chi connectivity index (χ4n) is 6.79. The largest absolute Gasteiger partial charge is 3.00 e. The molecule has 6 aromatic rings. The third-order valence-electron chi connectivity index (χ3n) is 8.64. The number of pyridine rings is 3. The second-order valence-electron chi connectivity index (χ2n) is 11.0. The summed E-state index contributed by atoms with van der Waals surface area (Å²) in [5, 5.41) is 0. The average Bonchev–Trinajstić information content (AvgIpc) is 3.01. The van der Waals surface area contributed by atoms with E-state index in [1.54, 1.807) is 18.2 Å². The second-order valence-corrected chi connectivity index (χ2v) is 11.0. The maximum atomic E-state index is 18.2. The molecule has 6 heterocycles. The Morgan fingerprint density at radius 1 is 0.429 bits per heavy atom. The van der Waals surface area contributed by atoms with E-state index in [0.29, 0.717) is 0 Å². The molecule has 0 fully saturated rings. The van der Waals surface area contributed by atoms with Crippen LogP contribution in [-0.2, 0) is 25.8 Å². The molecular weight excluding hydrogens is 698 g/mol. The predicted molar refractivity (Wildman–Crippen MR) is 152 cm³/mol. The van der Waals surface area contributed by atoms with Crippen LogP contribution in [0.5, 0.6) is 0 Å². The molecule has 0 radical (unpaired) electrons. The molecule has 0 atom stereocenters. The first-order chi connectivity index (χ1) is 20.2. The van der Waals surface area contributed by atoms with E-state index in [1.165, 1.54) is 0 Å². The third-order valence-corrected chi connectivity index (χ3v) is 8.64. The van der Waals surface area contributed by atoms with Crippen LogP contribution in [0.3, 0.4) is 0 Å². The van der Waals surface area contributed by atoms with Crippen molar-refractivity contribution < 1.29 is 24.5 Å². The van der Waals surface area contributed by atoms with Gasteiger partial charge in [0.25, 0.3) is 0 Å². The third kappa shape index (κ3) is 3.57. The predicted octanol–water partition coefficient (Wildman–Crippen LogP) is 7.01. The van der Waals surface area contributed by atoms with E-state index in [0.717, 1.165) is 50.5 Å². The van der Waals surface area contributed by atoms with Gasteiger partial charge in [-0.2, -0.15) is 106 Å². The Morgan fingerprint density at radius 3 is 0.976 bits per heavy atom. The molecule has 0 saturated heterocycles. The molecule has 0 amide bonds. The molecule has 3 aliphatic heterocycles. The zero-order valence-corrected chi connectivity index (χ0v) is 24.6. The minimum Gasteiger partial charge on any atom is -0.253 e. The van der Waals surface area contributed by atoms with E-state index in [4.69, 9.17) is 15.0 Å². The molecule has 5 heteroatoms. The quantitative estimate of drug-likeness (QED) is 0.159. The molecule has 200 valence electrons. The molecule has 1 aliphatic carbocycles. The number of hydrogen-bond acceptors (Lipinski definition) is 3. The molecule has 0 unspecified atom stereocenters. The van der Waals surface area contributed by atoms with Gasteiger partial charge in [0.1, 0.15) is 0 Å². The standard InChI is InChI=1S/C37H21FN3.Ir/c38-37-31-16-4-13-28(39-31)34-22-7-1-8-23(19-22)35(29-14-5-17-32(37)40-29)25-10-3-12-27(21-25)36(26-11-2-9-24(34)20-26)30-15-6-18-33(37)41-30;/h1-18,34-36H;/q-3;+3. The molecular formula is C37H21FIrN3. The summed E-state index contributed by atoms with van der Waals surface area (Å²) in [6, 6.07) is 46.8. The van der Waals surface area contributed by atoms with Crippen molar-refractivity contribution in [2.45, 2.75) is 23.4 Å². The molecule has 16 bridgehead atoms. The van der Waals surface area contributed by atoms with Crippen molar-refractivity contribution in [2.75, 3.05) is 0 Å². The van der Waals surface area contributed by atoms with Crippen molar-refractivity contribution in [2.24, 2.45) is 0 Å². The number of alkyl halides is 1. The normalized spacial score (nSPS) is 22.1. The van der Waals surface area contributed by atoms with Gasteiger partial charge in [-0.3, -0.25) is 15.0 Å². The summed E-state index contributed by atoms with van der Waals surface area (Å²) < 4.78 is 18.2. The summed E-state index contributed by atoms with van der Waals surface area (Å²) in [5.41, 5.74) is 6.52. The minimum absolute atomic E-state index is 0. The summed E-state index contributed by atoms with van der Waals surface area (Å²) in [7, 11) is 0. The molecule has 3 aromatic carbocycles.